The number of hydrogen-bond donors (Lipinski definition) is 0. The van der Waals surface area contributed by atoms with Gasteiger partial charge in [0.1, 0.15) is 0 Å². The Labute approximate surface area is 108 Å². The van der Waals surface area contributed by atoms with E-state index in [2.05, 4.69) is 37.3 Å². The summed E-state index contributed by atoms with van der Waals surface area (Å²) >= 11 is 0. The molecular formula is C17H15N. The molecule has 0 bridgehead atoms. The van der Waals surface area contributed by atoms with Gasteiger partial charge in [0.25, 0.3) is 0 Å². The zero-order valence-corrected chi connectivity index (χ0v) is 10.4. The standard InChI is InChI=1S/C17H15N/c1-14-7-9-16(10-8-14)12-17(13-18)11-15-5-3-2-4-6-15/h2-11H,12H2,1H3/b17-11-. The molecule has 0 aliphatic carbocycles. The highest BCUT2D eigenvalue weighted by Crippen LogP contribution is 2.12. The van der Waals surface area contributed by atoms with Crippen LogP contribution in [-0.4, -0.2) is 0 Å². The molecule has 1 nitrogen and oxygen atoms in total. The molecule has 0 amide bonds. The molecule has 0 spiro atoms. The molecule has 0 atom stereocenters. The molecule has 2 aromatic carbocycles. The van der Waals surface area contributed by atoms with E-state index in [4.69, 9.17) is 0 Å². The van der Waals surface area contributed by atoms with E-state index in [0.29, 0.717) is 6.42 Å². The number of rotatable bonds is 3. The van der Waals surface area contributed by atoms with Crippen molar-refractivity contribution in [2.45, 2.75) is 13.3 Å². The summed E-state index contributed by atoms with van der Waals surface area (Å²) in [4.78, 5) is 0. The van der Waals surface area contributed by atoms with Crippen LogP contribution in [0.4, 0.5) is 0 Å². The quantitative estimate of drug-likeness (QED) is 0.731. The van der Waals surface area contributed by atoms with E-state index < -0.39 is 0 Å². The molecule has 0 aliphatic rings. The first-order valence-electron chi connectivity index (χ1n) is 5.99. The first-order chi connectivity index (χ1) is 8.78. The molecule has 0 fully saturated rings. The lowest BCUT2D eigenvalue weighted by molar-refractivity contribution is 1.20. The Bertz CT molecular complexity index is 571. The van der Waals surface area contributed by atoms with Crippen LogP contribution in [0.25, 0.3) is 6.08 Å². The molecule has 0 unspecified atom stereocenters. The van der Waals surface area contributed by atoms with Gasteiger partial charge in [0.15, 0.2) is 0 Å². The highest BCUT2D eigenvalue weighted by Gasteiger charge is 1.99. The van der Waals surface area contributed by atoms with Crippen molar-refractivity contribution in [1.29, 1.82) is 5.26 Å². The zero-order chi connectivity index (χ0) is 12.8. The number of hydrogen-bond acceptors (Lipinski definition) is 1. The van der Waals surface area contributed by atoms with Crippen LogP contribution >= 0.6 is 0 Å². The third-order valence-electron chi connectivity index (χ3n) is 2.80. The highest BCUT2D eigenvalue weighted by molar-refractivity contribution is 5.57. The van der Waals surface area contributed by atoms with Gasteiger partial charge in [-0.25, -0.2) is 0 Å². The summed E-state index contributed by atoms with van der Waals surface area (Å²) < 4.78 is 0. The van der Waals surface area contributed by atoms with Crippen molar-refractivity contribution < 1.29 is 0 Å². The van der Waals surface area contributed by atoms with Crippen LogP contribution in [0, 0.1) is 18.3 Å². The van der Waals surface area contributed by atoms with Crippen LogP contribution in [0.15, 0.2) is 60.2 Å². The van der Waals surface area contributed by atoms with Crippen LogP contribution < -0.4 is 0 Å². The fourth-order valence-electron chi connectivity index (χ4n) is 1.80. The zero-order valence-electron chi connectivity index (χ0n) is 10.4. The topological polar surface area (TPSA) is 23.8 Å². The molecule has 88 valence electrons. The van der Waals surface area contributed by atoms with Crippen molar-refractivity contribution in [2.24, 2.45) is 0 Å². The lowest BCUT2D eigenvalue weighted by atomic mass is 10.0. The van der Waals surface area contributed by atoms with Gasteiger partial charge in [0.05, 0.1) is 6.07 Å². The Morgan fingerprint density at radius 3 is 2.33 bits per heavy atom. The van der Waals surface area contributed by atoms with E-state index >= 15 is 0 Å². The minimum absolute atomic E-state index is 0.686. The fraction of sp³-hybridized carbons (Fsp3) is 0.118. The Kier molecular flexibility index (Phi) is 3.94. The van der Waals surface area contributed by atoms with Gasteiger partial charge in [0.2, 0.25) is 0 Å². The number of aryl methyl sites for hydroxylation is 1. The van der Waals surface area contributed by atoms with E-state index in [1.165, 1.54) is 11.1 Å². The van der Waals surface area contributed by atoms with Gasteiger partial charge < -0.3 is 0 Å². The first-order valence-corrected chi connectivity index (χ1v) is 5.99. The summed E-state index contributed by atoms with van der Waals surface area (Å²) in [5.74, 6) is 0. The van der Waals surface area contributed by atoms with Gasteiger partial charge in [-0.15, -0.1) is 0 Å². The van der Waals surface area contributed by atoms with Crippen LogP contribution in [0.1, 0.15) is 16.7 Å². The molecule has 0 N–H and O–H groups in total. The lowest BCUT2D eigenvalue weighted by Crippen LogP contribution is -1.88. The van der Waals surface area contributed by atoms with Crippen LogP contribution in [0.5, 0.6) is 0 Å². The SMILES string of the molecule is Cc1ccc(C/C(C#N)=C/c2ccccc2)cc1. The Morgan fingerprint density at radius 1 is 1.06 bits per heavy atom. The molecule has 0 radical (unpaired) electrons. The molecule has 2 rings (SSSR count). The van der Waals surface area contributed by atoms with Gasteiger partial charge in [-0.3, -0.25) is 0 Å². The van der Waals surface area contributed by atoms with E-state index in [1.807, 2.05) is 36.4 Å². The normalized spacial score (nSPS) is 11.0. The molecule has 0 heterocycles. The molecular weight excluding hydrogens is 218 g/mol. The minimum atomic E-state index is 0.686. The van der Waals surface area contributed by atoms with E-state index in [9.17, 15) is 5.26 Å². The van der Waals surface area contributed by atoms with Crippen LogP contribution in [-0.2, 0) is 6.42 Å². The molecule has 1 heteroatoms. The summed E-state index contributed by atoms with van der Waals surface area (Å²) in [6.07, 6.45) is 2.63. The molecule has 18 heavy (non-hydrogen) atoms. The summed E-state index contributed by atoms with van der Waals surface area (Å²) in [6, 6.07) is 20.5. The Morgan fingerprint density at radius 2 is 1.72 bits per heavy atom. The summed E-state index contributed by atoms with van der Waals surface area (Å²) in [5, 5.41) is 9.18. The van der Waals surface area contributed by atoms with Gasteiger partial charge >= 0.3 is 0 Å². The average molecular weight is 233 g/mol. The molecule has 2 aromatic rings. The predicted molar refractivity (Wildman–Crippen MR) is 74.9 cm³/mol. The summed E-state index contributed by atoms with van der Waals surface area (Å²) in [5.41, 5.74) is 4.26. The number of benzene rings is 2. The van der Waals surface area contributed by atoms with Crippen molar-refractivity contribution in [2.75, 3.05) is 0 Å². The smallest absolute Gasteiger partial charge is 0.0950 e. The van der Waals surface area contributed by atoms with E-state index in [-0.39, 0.29) is 0 Å². The van der Waals surface area contributed by atoms with Crippen LogP contribution in [0.2, 0.25) is 0 Å². The number of allylic oxidation sites excluding steroid dienone is 1. The van der Waals surface area contributed by atoms with Crippen molar-refractivity contribution in [1.82, 2.24) is 0 Å². The van der Waals surface area contributed by atoms with E-state index in [0.717, 1.165) is 11.1 Å². The molecule has 0 aromatic heterocycles. The summed E-state index contributed by atoms with van der Waals surface area (Å²) in [6.45, 7) is 2.06. The van der Waals surface area contributed by atoms with Gasteiger partial charge in [-0.2, -0.15) is 5.26 Å². The number of nitrogens with zero attached hydrogens (tertiary/aromatic N) is 1. The fourth-order valence-corrected chi connectivity index (χ4v) is 1.80. The minimum Gasteiger partial charge on any atom is -0.193 e. The van der Waals surface area contributed by atoms with Crippen molar-refractivity contribution >= 4 is 6.08 Å². The maximum atomic E-state index is 9.18. The van der Waals surface area contributed by atoms with Crippen molar-refractivity contribution in [3.05, 3.63) is 76.9 Å². The third kappa shape index (κ3) is 3.33. The molecule has 0 aliphatic heterocycles. The summed E-state index contributed by atoms with van der Waals surface area (Å²) in [7, 11) is 0. The monoisotopic (exact) mass is 233 g/mol. The second-order valence-electron chi connectivity index (χ2n) is 4.35. The third-order valence-corrected chi connectivity index (χ3v) is 2.80. The highest BCUT2D eigenvalue weighted by atomic mass is 14.2. The van der Waals surface area contributed by atoms with Gasteiger partial charge in [0, 0.05) is 12.0 Å². The van der Waals surface area contributed by atoms with Crippen molar-refractivity contribution in [3.63, 3.8) is 0 Å². The number of nitriles is 1. The van der Waals surface area contributed by atoms with Gasteiger partial charge in [-0.1, -0.05) is 60.2 Å². The maximum absolute atomic E-state index is 9.18. The second kappa shape index (κ2) is 5.84. The largest absolute Gasteiger partial charge is 0.193 e. The Balaban J connectivity index is 2.18. The van der Waals surface area contributed by atoms with E-state index in [1.54, 1.807) is 0 Å². The Hall–Kier alpha value is -2.33. The predicted octanol–water partition coefficient (Wildman–Crippen LogP) is 4.14. The van der Waals surface area contributed by atoms with Gasteiger partial charge in [-0.05, 0) is 24.1 Å². The van der Waals surface area contributed by atoms with Crippen LogP contribution in [0.3, 0.4) is 0 Å². The lowest BCUT2D eigenvalue weighted by Gasteiger charge is -2.01. The first kappa shape index (κ1) is 12.1. The molecule has 0 saturated carbocycles. The van der Waals surface area contributed by atoms with Crippen molar-refractivity contribution in [3.8, 4) is 6.07 Å². The second-order valence-corrected chi connectivity index (χ2v) is 4.35. The maximum Gasteiger partial charge on any atom is 0.0950 e. The molecule has 0 saturated heterocycles. The average Bonchev–Trinajstić information content (AvgIpc) is 2.41.